The van der Waals surface area contributed by atoms with Crippen LogP contribution in [0.25, 0.3) is 5.78 Å². The van der Waals surface area contributed by atoms with Gasteiger partial charge in [-0.2, -0.15) is 9.50 Å². The molecule has 0 bridgehead atoms. The molecule has 3 heterocycles. The van der Waals surface area contributed by atoms with Gasteiger partial charge < -0.3 is 5.32 Å². The first-order chi connectivity index (χ1) is 8.78. The summed E-state index contributed by atoms with van der Waals surface area (Å²) in [6, 6.07) is 1.63. The Morgan fingerprint density at radius 1 is 1.50 bits per heavy atom. The summed E-state index contributed by atoms with van der Waals surface area (Å²) in [6.07, 6.45) is 2.98. The zero-order valence-corrected chi connectivity index (χ0v) is 10.4. The number of aromatic nitrogens is 4. The Labute approximate surface area is 104 Å². The Morgan fingerprint density at radius 3 is 3.11 bits per heavy atom. The molecule has 96 valence electrons. The second-order valence-electron chi connectivity index (χ2n) is 4.72. The lowest BCUT2D eigenvalue weighted by atomic mass is 9.96. The van der Waals surface area contributed by atoms with Gasteiger partial charge in [0.05, 0.1) is 5.69 Å². The molecule has 0 amide bonds. The van der Waals surface area contributed by atoms with Gasteiger partial charge in [-0.05, 0) is 19.4 Å². The summed E-state index contributed by atoms with van der Waals surface area (Å²) in [4.78, 5) is 20.8. The highest BCUT2D eigenvalue weighted by atomic mass is 16.1. The molecule has 1 atom stereocenters. The lowest BCUT2D eigenvalue weighted by Gasteiger charge is -2.21. The number of hydrogen-bond acceptors (Lipinski definition) is 4. The molecule has 1 aliphatic heterocycles. The number of aromatic amines is 1. The Bertz CT molecular complexity index is 608. The molecule has 2 aromatic rings. The monoisotopic (exact) mass is 247 g/mol. The third kappa shape index (κ3) is 1.92. The molecule has 0 radical (unpaired) electrons. The van der Waals surface area contributed by atoms with Gasteiger partial charge in [0.15, 0.2) is 0 Å². The van der Waals surface area contributed by atoms with Crippen LogP contribution in [0.5, 0.6) is 0 Å². The Kier molecular flexibility index (Phi) is 2.87. The Hall–Kier alpha value is -1.69. The van der Waals surface area contributed by atoms with E-state index >= 15 is 0 Å². The van der Waals surface area contributed by atoms with Crippen molar-refractivity contribution in [2.45, 2.75) is 32.1 Å². The smallest absolute Gasteiger partial charge is 0.274 e. The summed E-state index contributed by atoms with van der Waals surface area (Å²) in [6.45, 7) is 3.95. The fourth-order valence-electron chi connectivity index (χ4n) is 2.41. The van der Waals surface area contributed by atoms with Crippen molar-refractivity contribution in [3.8, 4) is 0 Å². The molecule has 0 saturated carbocycles. The second kappa shape index (κ2) is 4.53. The third-order valence-electron chi connectivity index (χ3n) is 3.45. The first-order valence-electron chi connectivity index (χ1n) is 6.47. The van der Waals surface area contributed by atoms with Crippen LogP contribution in [0.2, 0.25) is 0 Å². The van der Waals surface area contributed by atoms with E-state index in [4.69, 9.17) is 0 Å². The van der Waals surface area contributed by atoms with Crippen molar-refractivity contribution in [2.75, 3.05) is 13.1 Å². The maximum atomic E-state index is 12.0. The first-order valence-corrected chi connectivity index (χ1v) is 6.47. The van der Waals surface area contributed by atoms with E-state index in [-0.39, 0.29) is 5.56 Å². The largest absolute Gasteiger partial charge is 0.316 e. The van der Waals surface area contributed by atoms with Crippen LogP contribution in [0.4, 0.5) is 0 Å². The van der Waals surface area contributed by atoms with Crippen LogP contribution in [-0.4, -0.2) is 32.7 Å². The minimum absolute atomic E-state index is 0.0761. The minimum Gasteiger partial charge on any atom is -0.316 e. The molecular weight excluding hydrogens is 230 g/mol. The van der Waals surface area contributed by atoms with Crippen LogP contribution in [0, 0.1) is 0 Å². The van der Waals surface area contributed by atoms with Crippen LogP contribution in [0.3, 0.4) is 0 Å². The predicted molar refractivity (Wildman–Crippen MR) is 67.8 cm³/mol. The van der Waals surface area contributed by atoms with Crippen molar-refractivity contribution in [1.82, 2.24) is 24.9 Å². The molecule has 3 rings (SSSR count). The van der Waals surface area contributed by atoms with E-state index in [1.165, 1.54) is 4.52 Å². The average Bonchev–Trinajstić information content (AvgIpc) is 2.83. The average molecular weight is 247 g/mol. The number of nitrogens with zero attached hydrogens (tertiary/aromatic N) is 3. The SMILES string of the molecule is CCc1nc2nc(C3CCCNC3)cc(=O)n2[nH]1. The summed E-state index contributed by atoms with van der Waals surface area (Å²) >= 11 is 0. The standard InChI is InChI=1S/C12H17N5O/c1-2-10-15-12-14-9(6-11(18)17(12)16-10)8-4-3-5-13-7-8/h6,8,13H,2-5,7H2,1H3,(H,14,15,16). The van der Waals surface area contributed by atoms with E-state index in [0.717, 1.165) is 43.9 Å². The molecule has 1 saturated heterocycles. The highest BCUT2D eigenvalue weighted by Gasteiger charge is 2.18. The fourth-order valence-corrected chi connectivity index (χ4v) is 2.41. The van der Waals surface area contributed by atoms with E-state index in [9.17, 15) is 4.79 Å². The molecular formula is C12H17N5O. The Morgan fingerprint density at radius 2 is 2.39 bits per heavy atom. The summed E-state index contributed by atoms with van der Waals surface area (Å²) in [5, 5.41) is 6.30. The normalized spacial score (nSPS) is 20.4. The number of fused-ring (bicyclic) bond motifs is 1. The van der Waals surface area contributed by atoms with Crippen molar-refractivity contribution in [3.63, 3.8) is 0 Å². The Balaban J connectivity index is 2.05. The van der Waals surface area contributed by atoms with E-state index in [1.54, 1.807) is 6.07 Å². The van der Waals surface area contributed by atoms with Crippen molar-refractivity contribution in [3.05, 3.63) is 27.9 Å². The number of piperidine rings is 1. The summed E-state index contributed by atoms with van der Waals surface area (Å²) in [7, 11) is 0. The predicted octanol–water partition coefficient (Wildman–Crippen LogP) is 0.447. The lowest BCUT2D eigenvalue weighted by Crippen LogP contribution is -2.30. The maximum Gasteiger partial charge on any atom is 0.274 e. The van der Waals surface area contributed by atoms with Gasteiger partial charge >= 0.3 is 0 Å². The molecule has 18 heavy (non-hydrogen) atoms. The van der Waals surface area contributed by atoms with Gasteiger partial charge in [-0.1, -0.05) is 6.92 Å². The van der Waals surface area contributed by atoms with Gasteiger partial charge in [0.25, 0.3) is 11.3 Å². The molecule has 1 unspecified atom stereocenters. The van der Waals surface area contributed by atoms with Gasteiger partial charge in [-0.3, -0.25) is 9.89 Å². The van der Waals surface area contributed by atoms with Crippen molar-refractivity contribution in [2.24, 2.45) is 0 Å². The number of hydrogen-bond donors (Lipinski definition) is 2. The molecule has 0 aliphatic carbocycles. The third-order valence-corrected chi connectivity index (χ3v) is 3.45. The van der Waals surface area contributed by atoms with Crippen molar-refractivity contribution >= 4 is 5.78 Å². The van der Waals surface area contributed by atoms with Crippen LogP contribution >= 0.6 is 0 Å². The second-order valence-corrected chi connectivity index (χ2v) is 4.72. The summed E-state index contributed by atoms with van der Waals surface area (Å²) < 4.78 is 1.42. The van der Waals surface area contributed by atoms with Gasteiger partial charge in [-0.25, -0.2) is 4.98 Å². The van der Waals surface area contributed by atoms with Crippen LogP contribution in [0.1, 0.15) is 37.2 Å². The highest BCUT2D eigenvalue weighted by molar-refractivity contribution is 5.29. The molecule has 0 aromatic carbocycles. The molecule has 0 spiro atoms. The molecule has 1 fully saturated rings. The zero-order chi connectivity index (χ0) is 12.5. The molecule has 6 nitrogen and oxygen atoms in total. The minimum atomic E-state index is -0.0761. The van der Waals surface area contributed by atoms with E-state index < -0.39 is 0 Å². The maximum absolute atomic E-state index is 12.0. The molecule has 6 heteroatoms. The zero-order valence-electron chi connectivity index (χ0n) is 10.4. The van der Waals surface area contributed by atoms with E-state index in [0.29, 0.717) is 11.7 Å². The summed E-state index contributed by atoms with van der Waals surface area (Å²) in [5.41, 5.74) is 0.786. The number of aryl methyl sites for hydroxylation is 1. The molecule has 2 N–H and O–H groups in total. The number of nitrogens with one attached hydrogen (secondary N) is 2. The number of H-pyrrole nitrogens is 1. The highest BCUT2D eigenvalue weighted by Crippen LogP contribution is 2.20. The van der Waals surface area contributed by atoms with E-state index in [2.05, 4.69) is 20.4 Å². The van der Waals surface area contributed by atoms with Crippen LogP contribution in [0.15, 0.2) is 10.9 Å². The summed E-state index contributed by atoms with van der Waals surface area (Å²) in [5.74, 6) is 1.61. The topological polar surface area (TPSA) is 75.1 Å². The van der Waals surface area contributed by atoms with Crippen LogP contribution in [-0.2, 0) is 6.42 Å². The first kappa shape index (κ1) is 11.4. The number of rotatable bonds is 2. The van der Waals surface area contributed by atoms with E-state index in [1.807, 2.05) is 6.92 Å². The van der Waals surface area contributed by atoms with Gasteiger partial charge in [0, 0.05) is 24.9 Å². The molecule has 2 aromatic heterocycles. The molecule has 1 aliphatic rings. The quantitative estimate of drug-likeness (QED) is 0.808. The van der Waals surface area contributed by atoms with Gasteiger partial charge in [0.2, 0.25) is 0 Å². The van der Waals surface area contributed by atoms with Crippen LogP contribution < -0.4 is 10.9 Å². The van der Waals surface area contributed by atoms with Gasteiger partial charge in [0.1, 0.15) is 5.82 Å². The fraction of sp³-hybridized carbons (Fsp3) is 0.583. The van der Waals surface area contributed by atoms with Gasteiger partial charge in [-0.15, -0.1) is 0 Å². The van der Waals surface area contributed by atoms with Crippen molar-refractivity contribution in [1.29, 1.82) is 0 Å². The van der Waals surface area contributed by atoms with Crippen molar-refractivity contribution < 1.29 is 0 Å². The lowest BCUT2D eigenvalue weighted by molar-refractivity contribution is 0.454.